The molecule has 6 nitrogen and oxygen atoms in total. The van der Waals surface area contributed by atoms with E-state index in [0.717, 1.165) is 18.2 Å². The van der Waals surface area contributed by atoms with Gasteiger partial charge in [0.25, 0.3) is 5.91 Å². The first-order valence-corrected chi connectivity index (χ1v) is 9.09. The lowest BCUT2D eigenvalue weighted by molar-refractivity contribution is -0.117. The van der Waals surface area contributed by atoms with Gasteiger partial charge in [-0.15, -0.1) is 0 Å². The lowest BCUT2D eigenvalue weighted by atomic mass is 9.96. The van der Waals surface area contributed by atoms with Gasteiger partial charge >= 0.3 is 0 Å². The predicted molar refractivity (Wildman–Crippen MR) is 83.2 cm³/mol. The smallest absolute Gasteiger partial charge is 0.251 e. The Kier molecular flexibility index (Phi) is 5.31. The van der Waals surface area contributed by atoms with Crippen molar-refractivity contribution in [1.29, 1.82) is 0 Å². The standard InChI is InChI=1S/C15H20N2O4S/c1-22(20,21)17-9-8-16-15(19)12-4-2-11(3-5-12)13-6-7-14(18)10-13/h2-5,13,17H,6-10H2,1H3,(H,16,19)/t13-/m0/s1. The second-order valence-electron chi connectivity index (χ2n) is 5.52. The van der Waals surface area contributed by atoms with E-state index >= 15 is 0 Å². The minimum Gasteiger partial charge on any atom is -0.351 e. The van der Waals surface area contributed by atoms with Crippen molar-refractivity contribution < 1.29 is 18.0 Å². The number of ketones is 1. The van der Waals surface area contributed by atoms with Crippen LogP contribution in [0, 0.1) is 0 Å². The Morgan fingerprint density at radius 2 is 1.91 bits per heavy atom. The molecule has 1 aromatic carbocycles. The Labute approximate surface area is 130 Å². The molecule has 7 heteroatoms. The molecule has 0 radical (unpaired) electrons. The number of carbonyl (C=O) groups excluding carboxylic acids is 2. The summed E-state index contributed by atoms with van der Waals surface area (Å²) in [5.41, 5.74) is 1.61. The first kappa shape index (κ1) is 16.6. The van der Waals surface area contributed by atoms with Crippen LogP contribution in [-0.2, 0) is 14.8 Å². The molecule has 2 N–H and O–H groups in total. The molecule has 1 aliphatic carbocycles. The summed E-state index contributed by atoms with van der Waals surface area (Å²) in [5, 5.41) is 2.65. The second kappa shape index (κ2) is 7.02. The van der Waals surface area contributed by atoms with Crippen LogP contribution in [0.15, 0.2) is 24.3 Å². The summed E-state index contributed by atoms with van der Waals surface area (Å²) in [4.78, 5) is 23.2. The van der Waals surface area contributed by atoms with Crippen LogP contribution in [0.3, 0.4) is 0 Å². The molecular weight excluding hydrogens is 304 g/mol. The molecule has 0 bridgehead atoms. The third-order valence-corrected chi connectivity index (χ3v) is 4.39. The number of carbonyl (C=O) groups is 2. The van der Waals surface area contributed by atoms with Gasteiger partial charge in [0.05, 0.1) is 6.26 Å². The predicted octanol–water partition coefficient (Wildman–Crippen LogP) is 0.802. The van der Waals surface area contributed by atoms with E-state index in [2.05, 4.69) is 10.0 Å². The first-order chi connectivity index (χ1) is 10.3. The van der Waals surface area contributed by atoms with Crippen molar-refractivity contribution in [3.63, 3.8) is 0 Å². The summed E-state index contributed by atoms with van der Waals surface area (Å²) >= 11 is 0. The number of rotatable bonds is 6. The first-order valence-electron chi connectivity index (χ1n) is 7.19. The average molecular weight is 324 g/mol. The van der Waals surface area contributed by atoms with E-state index in [1.165, 1.54) is 0 Å². The summed E-state index contributed by atoms with van der Waals surface area (Å²) in [7, 11) is -3.24. The van der Waals surface area contributed by atoms with Crippen LogP contribution in [0.1, 0.15) is 41.1 Å². The van der Waals surface area contributed by atoms with E-state index in [1.54, 1.807) is 12.1 Å². The van der Waals surface area contributed by atoms with Gasteiger partial charge in [-0.25, -0.2) is 13.1 Å². The molecule has 0 spiro atoms. The zero-order chi connectivity index (χ0) is 16.2. The van der Waals surface area contributed by atoms with E-state index in [4.69, 9.17) is 0 Å². The van der Waals surface area contributed by atoms with Gasteiger partial charge in [-0.3, -0.25) is 9.59 Å². The van der Waals surface area contributed by atoms with Crippen molar-refractivity contribution in [2.24, 2.45) is 0 Å². The zero-order valence-electron chi connectivity index (χ0n) is 12.5. The van der Waals surface area contributed by atoms with Crippen molar-refractivity contribution in [3.05, 3.63) is 35.4 Å². The number of amides is 1. The second-order valence-corrected chi connectivity index (χ2v) is 7.36. The maximum Gasteiger partial charge on any atom is 0.251 e. The van der Waals surface area contributed by atoms with Crippen molar-refractivity contribution in [3.8, 4) is 0 Å². The number of benzene rings is 1. The fourth-order valence-electron chi connectivity index (χ4n) is 2.52. The average Bonchev–Trinajstić information content (AvgIpc) is 2.89. The largest absolute Gasteiger partial charge is 0.351 e. The number of Topliss-reactive ketones (excluding diaryl/α,β-unsaturated/α-hetero) is 1. The van der Waals surface area contributed by atoms with Crippen LogP contribution >= 0.6 is 0 Å². The fraction of sp³-hybridized carbons (Fsp3) is 0.467. The normalized spacial score (nSPS) is 18.4. The molecular formula is C15H20N2O4S. The maximum atomic E-state index is 11.9. The third kappa shape index (κ3) is 4.92. The van der Waals surface area contributed by atoms with Crippen LogP contribution in [-0.4, -0.2) is 39.5 Å². The monoisotopic (exact) mass is 324 g/mol. The molecule has 1 fully saturated rings. The van der Waals surface area contributed by atoms with Crippen molar-refractivity contribution in [2.45, 2.75) is 25.2 Å². The number of hydrogen-bond acceptors (Lipinski definition) is 4. The number of nitrogens with one attached hydrogen (secondary N) is 2. The summed E-state index contributed by atoms with van der Waals surface area (Å²) in [6.45, 7) is 0.387. The molecule has 1 atom stereocenters. The van der Waals surface area contributed by atoms with Gasteiger partial charge in [-0.05, 0) is 30.0 Å². The molecule has 1 saturated carbocycles. The Balaban J connectivity index is 1.84. The molecule has 1 aromatic rings. The maximum absolute atomic E-state index is 11.9. The van der Waals surface area contributed by atoms with Gasteiger partial charge < -0.3 is 5.32 Å². The van der Waals surface area contributed by atoms with Gasteiger partial charge in [0, 0.05) is 31.5 Å². The molecule has 2 rings (SSSR count). The van der Waals surface area contributed by atoms with Gasteiger partial charge in [0.2, 0.25) is 10.0 Å². The number of hydrogen-bond donors (Lipinski definition) is 2. The molecule has 1 amide bonds. The van der Waals surface area contributed by atoms with Gasteiger partial charge in [0.15, 0.2) is 0 Å². The summed E-state index contributed by atoms with van der Waals surface area (Å²) in [6, 6.07) is 7.23. The van der Waals surface area contributed by atoms with E-state index in [9.17, 15) is 18.0 Å². The van der Waals surface area contributed by atoms with Crippen LogP contribution in [0.25, 0.3) is 0 Å². The van der Waals surface area contributed by atoms with E-state index in [1.807, 2.05) is 12.1 Å². The van der Waals surface area contributed by atoms with E-state index in [0.29, 0.717) is 24.2 Å². The minimum atomic E-state index is -3.24. The highest BCUT2D eigenvalue weighted by atomic mass is 32.2. The highest BCUT2D eigenvalue weighted by Crippen LogP contribution is 2.31. The van der Waals surface area contributed by atoms with Gasteiger partial charge in [0.1, 0.15) is 5.78 Å². The lowest BCUT2D eigenvalue weighted by Gasteiger charge is -2.10. The fourth-order valence-corrected chi connectivity index (χ4v) is 2.99. The Hall–Kier alpha value is -1.73. The zero-order valence-corrected chi connectivity index (χ0v) is 13.3. The Morgan fingerprint density at radius 3 is 2.45 bits per heavy atom. The SMILES string of the molecule is CS(=O)(=O)NCCNC(=O)c1ccc([C@H]2CCC(=O)C2)cc1. The molecule has 120 valence electrons. The van der Waals surface area contributed by atoms with Crippen LogP contribution in [0.2, 0.25) is 0 Å². The molecule has 22 heavy (non-hydrogen) atoms. The Morgan fingerprint density at radius 1 is 1.23 bits per heavy atom. The molecule has 0 unspecified atom stereocenters. The highest BCUT2D eigenvalue weighted by molar-refractivity contribution is 7.88. The van der Waals surface area contributed by atoms with Gasteiger partial charge in [-0.1, -0.05) is 12.1 Å². The van der Waals surface area contributed by atoms with Crippen LogP contribution < -0.4 is 10.0 Å². The molecule has 0 saturated heterocycles. The number of sulfonamides is 1. The lowest BCUT2D eigenvalue weighted by Crippen LogP contribution is -2.34. The summed E-state index contributed by atoms with van der Waals surface area (Å²) < 4.78 is 24.1. The topological polar surface area (TPSA) is 92.3 Å². The third-order valence-electron chi connectivity index (χ3n) is 3.66. The highest BCUT2D eigenvalue weighted by Gasteiger charge is 2.23. The molecule has 0 aliphatic heterocycles. The van der Waals surface area contributed by atoms with Crippen molar-refractivity contribution in [2.75, 3.05) is 19.3 Å². The molecule has 1 aliphatic rings. The van der Waals surface area contributed by atoms with Crippen molar-refractivity contribution >= 4 is 21.7 Å². The quantitative estimate of drug-likeness (QED) is 0.757. The van der Waals surface area contributed by atoms with Gasteiger partial charge in [-0.2, -0.15) is 0 Å². The summed E-state index contributed by atoms with van der Waals surface area (Å²) in [5.74, 6) is 0.318. The van der Waals surface area contributed by atoms with Crippen LogP contribution in [0.5, 0.6) is 0 Å². The minimum absolute atomic E-state index is 0.160. The summed E-state index contributed by atoms with van der Waals surface area (Å²) in [6.07, 6.45) is 3.17. The van der Waals surface area contributed by atoms with E-state index < -0.39 is 10.0 Å². The molecule has 0 heterocycles. The van der Waals surface area contributed by atoms with E-state index in [-0.39, 0.29) is 24.9 Å². The molecule has 0 aromatic heterocycles. The Bertz CT molecular complexity index is 653. The van der Waals surface area contributed by atoms with Crippen molar-refractivity contribution in [1.82, 2.24) is 10.0 Å². The van der Waals surface area contributed by atoms with Crippen LogP contribution in [0.4, 0.5) is 0 Å².